The number of benzene rings is 1. The molecule has 1 aromatic carbocycles. The Morgan fingerprint density at radius 1 is 1.26 bits per heavy atom. The number of amides is 1. The molecule has 2 saturated heterocycles. The Kier molecular flexibility index (Phi) is 5.65. The number of nitrogens with zero attached hydrogens (tertiary/aromatic N) is 2. The third-order valence-electron chi connectivity index (χ3n) is 4.79. The van der Waals surface area contributed by atoms with Gasteiger partial charge in [0.15, 0.2) is 6.10 Å². The Balaban J connectivity index is 1.52. The summed E-state index contributed by atoms with van der Waals surface area (Å²) in [6, 6.07) is 9.73. The molecule has 5 nitrogen and oxygen atoms in total. The molecular weight excluding hydrogens is 292 g/mol. The molecule has 5 heteroatoms. The molecule has 2 fully saturated rings. The van der Waals surface area contributed by atoms with Crippen molar-refractivity contribution in [2.75, 3.05) is 53.0 Å². The molecule has 0 saturated carbocycles. The lowest BCUT2D eigenvalue weighted by Gasteiger charge is -2.37. The fraction of sp³-hybridized carbons (Fsp3) is 0.611. The second-order valence-corrected chi connectivity index (χ2v) is 6.38. The number of carbonyl (C=O) groups excluding carboxylic acids is 1. The van der Waals surface area contributed by atoms with E-state index in [2.05, 4.69) is 4.90 Å². The Labute approximate surface area is 138 Å². The number of ether oxygens (including phenoxy) is 2. The number of hydrogen-bond donors (Lipinski definition) is 0. The van der Waals surface area contributed by atoms with Crippen LogP contribution in [-0.4, -0.2) is 68.8 Å². The molecule has 126 valence electrons. The Morgan fingerprint density at radius 3 is 2.61 bits per heavy atom. The smallest absolute Gasteiger partial charge is 0.256 e. The van der Waals surface area contributed by atoms with Gasteiger partial charge in [0.25, 0.3) is 5.91 Å². The summed E-state index contributed by atoms with van der Waals surface area (Å²) < 4.78 is 10.9. The number of methoxy groups -OCH3 is 1. The largest absolute Gasteiger partial charge is 0.381 e. The first-order valence-corrected chi connectivity index (χ1v) is 8.44. The predicted molar refractivity (Wildman–Crippen MR) is 88.1 cm³/mol. The summed E-state index contributed by atoms with van der Waals surface area (Å²) >= 11 is 0. The SMILES string of the molecule is CO[C@@H](C(=O)N1CCN(C[C@@H]2CCOC2)CC1)c1ccccc1. The van der Waals surface area contributed by atoms with Gasteiger partial charge in [-0.1, -0.05) is 30.3 Å². The summed E-state index contributed by atoms with van der Waals surface area (Å²) in [6.07, 6.45) is 0.671. The molecule has 2 heterocycles. The van der Waals surface area contributed by atoms with E-state index in [9.17, 15) is 4.79 Å². The Morgan fingerprint density at radius 2 is 2.00 bits per heavy atom. The molecule has 0 radical (unpaired) electrons. The van der Waals surface area contributed by atoms with Crippen molar-refractivity contribution < 1.29 is 14.3 Å². The molecule has 1 aromatic rings. The van der Waals surface area contributed by atoms with Crippen LogP contribution in [0.2, 0.25) is 0 Å². The van der Waals surface area contributed by atoms with Crippen LogP contribution in [-0.2, 0) is 14.3 Å². The van der Waals surface area contributed by atoms with E-state index in [1.165, 1.54) is 6.42 Å². The number of rotatable bonds is 5. The molecule has 2 atom stereocenters. The molecule has 2 aliphatic rings. The minimum absolute atomic E-state index is 0.0718. The van der Waals surface area contributed by atoms with E-state index in [1.807, 2.05) is 35.2 Å². The van der Waals surface area contributed by atoms with E-state index in [0.29, 0.717) is 5.92 Å². The lowest BCUT2D eigenvalue weighted by molar-refractivity contribution is -0.144. The number of carbonyl (C=O) groups is 1. The van der Waals surface area contributed by atoms with Gasteiger partial charge in [-0.15, -0.1) is 0 Å². The summed E-state index contributed by atoms with van der Waals surface area (Å²) in [4.78, 5) is 17.1. The summed E-state index contributed by atoms with van der Waals surface area (Å²) in [5.41, 5.74) is 0.922. The van der Waals surface area contributed by atoms with Gasteiger partial charge in [-0.3, -0.25) is 9.69 Å². The lowest BCUT2D eigenvalue weighted by Crippen LogP contribution is -2.51. The third kappa shape index (κ3) is 4.10. The van der Waals surface area contributed by atoms with Crippen LogP contribution in [0.3, 0.4) is 0 Å². The first-order valence-electron chi connectivity index (χ1n) is 8.44. The Bertz CT molecular complexity index is 494. The van der Waals surface area contributed by atoms with Crippen LogP contribution in [0.15, 0.2) is 30.3 Å². The van der Waals surface area contributed by atoms with Gasteiger partial charge < -0.3 is 14.4 Å². The van der Waals surface area contributed by atoms with Crippen LogP contribution in [0, 0.1) is 5.92 Å². The Hall–Kier alpha value is -1.43. The molecule has 0 N–H and O–H groups in total. The zero-order valence-electron chi connectivity index (χ0n) is 13.8. The molecule has 23 heavy (non-hydrogen) atoms. The number of piperazine rings is 1. The van der Waals surface area contributed by atoms with Gasteiger partial charge in [0.05, 0.1) is 6.61 Å². The van der Waals surface area contributed by atoms with Crippen molar-refractivity contribution in [3.8, 4) is 0 Å². The highest BCUT2D eigenvalue weighted by Crippen LogP contribution is 2.21. The summed E-state index contributed by atoms with van der Waals surface area (Å²) in [5, 5.41) is 0. The summed E-state index contributed by atoms with van der Waals surface area (Å²) in [7, 11) is 1.60. The minimum Gasteiger partial charge on any atom is -0.381 e. The summed E-state index contributed by atoms with van der Waals surface area (Å²) in [6.45, 7) is 6.31. The second kappa shape index (κ2) is 7.90. The average molecular weight is 318 g/mol. The fourth-order valence-corrected chi connectivity index (χ4v) is 3.42. The van der Waals surface area contributed by atoms with Crippen LogP contribution in [0.1, 0.15) is 18.1 Å². The van der Waals surface area contributed by atoms with Crippen molar-refractivity contribution in [1.29, 1.82) is 0 Å². The minimum atomic E-state index is -0.494. The average Bonchev–Trinajstić information content (AvgIpc) is 3.10. The maximum Gasteiger partial charge on any atom is 0.256 e. The van der Waals surface area contributed by atoms with Gasteiger partial charge in [-0.25, -0.2) is 0 Å². The van der Waals surface area contributed by atoms with Crippen molar-refractivity contribution >= 4 is 5.91 Å². The normalized spacial score (nSPS) is 23.9. The van der Waals surface area contributed by atoms with E-state index in [0.717, 1.165) is 51.5 Å². The molecule has 0 bridgehead atoms. The lowest BCUT2D eigenvalue weighted by atomic mass is 10.1. The molecule has 3 rings (SSSR count). The van der Waals surface area contributed by atoms with E-state index in [-0.39, 0.29) is 5.91 Å². The van der Waals surface area contributed by atoms with E-state index < -0.39 is 6.10 Å². The van der Waals surface area contributed by atoms with Gasteiger partial charge >= 0.3 is 0 Å². The van der Waals surface area contributed by atoms with Crippen LogP contribution in [0.5, 0.6) is 0 Å². The maximum atomic E-state index is 12.7. The molecule has 2 aliphatic heterocycles. The quantitative estimate of drug-likeness (QED) is 0.826. The zero-order valence-corrected chi connectivity index (χ0v) is 13.8. The highest BCUT2D eigenvalue weighted by atomic mass is 16.5. The van der Waals surface area contributed by atoms with Crippen molar-refractivity contribution in [3.05, 3.63) is 35.9 Å². The maximum absolute atomic E-state index is 12.7. The van der Waals surface area contributed by atoms with Gasteiger partial charge in [0, 0.05) is 46.4 Å². The first-order chi connectivity index (χ1) is 11.3. The van der Waals surface area contributed by atoms with Crippen molar-refractivity contribution in [2.24, 2.45) is 5.92 Å². The van der Waals surface area contributed by atoms with Crippen molar-refractivity contribution in [2.45, 2.75) is 12.5 Å². The van der Waals surface area contributed by atoms with Gasteiger partial charge in [-0.2, -0.15) is 0 Å². The monoisotopic (exact) mass is 318 g/mol. The molecule has 0 unspecified atom stereocenters. The highest BCUT2D eigenvalue weighted by molar-refractivity contribution is 5.82. The van der Waals surface area contributed by atoms with E-state index in [1.54, 1.807) is 7.11 Å². The van der Waals surface area contributed by atoms with Crippen molar-refractivity contribution in [1.82, 2.24) is 9.80 Å². The van der Waals surface area contributed by atoms with Crippen LogP contribution in [0.25, 0.3) is 0 Å². The predicted octanol–water partition coefficient (Wildman–Crippen LogP) is 1.55. The van der Waals surface area contributed by atoms with Gasteiger partial charge in [-0.05, 0) is 17.9 Å². The van der Waals surface area contributed by atoms with E-state index in [4.69, 9.17) is 9.47 Å². The standard InChI is InChI=1S/C18H26N2O3/c1-22-17(16-5-3-2-4-6-16)18(21)20-10-8-19(9-11-20)13-15-7-12-23-14-15/h2-6,15,17H,7-14H2,1H3/t15-,17+/m0/s1. The molecule has 0 spiro atoms. The number of hydrogen-bond acceptors (Lipinski definition) is 4. The van der Waals surface area contributed by atoms with Crippen LogP contribution < -0.4 is 0 Å². The third-order valence-corrected chi connectivity index (χ3v) is 4.79. The van der Waals surface area contributed by atoms with Crippen molar-refractivity contribution in [3.63, 3.8) is 0 Å². The zero-order chi connectivity index (χ0) is 16.1. The topological polar surface area (TPSA) is 42.0 Å². The fourth-order valence-electron chi connectivity index (χ4n) is 3.42. The van der Waals surface area contributed by atoms with Gasteiger partial charge in [0.2, 0.25) is 0 Å². The first kappa shape index (κ1) is 16.4. The highest BCUT2D eigenvalue weighted by Gasteiger charge is 2.29. The molecular formula is C18H26N2O3. The molecule has 0 aromatic heterocycles. The van der Waals surface area contributed by atoms with Gasteiger partial charge in [0.1, 0.15) is 0 Å². The summed E-state index contributed by atoms with van der Waals surface area (Å²) in [5.74, 6) is 0.732. The van der Waals surface area contributed by atoms with E-state index >= 15 is 0 Å². The molecule has 0 aliphatic carbocycles. The second-order valence-electron chi connectivity index (χ2n) is 6.38. The van der Waals surface area contributed by atoms with Crippen LogP contribution in [0.4, 0.5) is 0 Å². The molecule has 1 amide bonds. The van der Waals surface area contributed by atoms with Crippen LogP contribution >= 0.6 is 0 Å².